The van der Waals surface area contributed by atoms with Crippen molar-refractivity contribution in [3.63, 3.8) is 0 Å². The maximum atomic E-state index is 14.6. The molecule has 0 aromatic heterocycles. The van der Waals surface area contributed by atoms with E-state index in [1.54, 1.807) is 61.5 Å². The summed E-state index contributed by atoms with van der Waals surface area (Å²) < 4.78 is 26.2. The SMILES string of the molecule is C=CCOC12Oc3ccc(Oc4cccc(C=O)c4)cc3C3C(CCCCO)C(CCCCO)C=C(C(=NOCc4ccc([N+](=O)[O-])cc4)CC1N(C)C(=O)Cc1cccc(OC)c1)C32. The molecule has 4 aromatic carbocycles. The van der Waals surface area contributed by atoms with Crippen LogP contribution in [-0.4, -0.2) is 83.7 Å². The molecule has 6 atom stereocenters. The largest absolute Gasteiger partial charge is 0.497 e. The minimum Gasteiger partial charge on any atom is -0.497 e. The molecule has 1 aliphatic heterocycles. The second kappa shape index (κ2) is 21.6. The van der Waals surface area contributed by atoms with Crippen LogP contribution in [0.4, 0.5) is 5.69 Å². The number of fused-ring (bicyclic) bond motifs is 2. The van der Waals surface area contributed by atoms with Crippen LogP contribution in [0.3, 0.4) is 0 Å². The summed E-state index contributed by atoms with van der Waals surface area (Å²) in [7, 11) is 3.34. The average Bonchev–Trinajstić information content (AvgIpc) is 3.32. The summed E-state index contributed by atoms with van der Waals surface area (Å²) in [4.78, 5) is 45.0. The van der Waals surface area contributed by atoms with Gasteiger partial charge >= 0.3 is 0 Å². The molecule has 4 aromatic rings. The molecule has 1 amide bonds. The Bertz CT molecular complexity index is 2380. The number of allylic oxidation sites excluding steroid dienone is 1. The van der Waals surface area contributed by atoms with Gasteiger partial charge in [0.05, 0.1) is 36.7 Å². The number of nitro benzene ring substituents is 1. The van der Waals surface area contributed by atoms with Crippen LogP contribution in [0.5, 0.6) is 23.0 Å². The number of likely N-dealkylation sites (N-methyl/N-ethyl adjacent to an activating group) is 1. The molecule has 0 radical (unpaired) electrons. The molecule has 14 nitrogen and oxygen atoms in total. The Balaban J connectivity index is 1.39. The maximum absolute atomic E-state index is 14.6. The van der Waals surface area contributed by atoms with Crippen molar-refractivity contribution >= 4 is 23.6 Å². The van der Waals surface area contributed by atoms with E-state index < -0.39 is 22.7 Å². The summed E-state index contributed by atoms with van der Waals surface area (Å²) in [5.74, 6) is -0.279. The number of hydrogen-bond donors (Lipinski definition) is 2. The van der Waals surface area contributed by atoms with E-state index in [2.05, 4.69) is 12.7 Å². The molecule has 2 aliphatic carbocycles. The minimum atomic E-state index is -1.46. The van der Waals surface area contributed by atoms with Crippen LogP contribution >= 0.6 is 0 Å². The molecule has 2 N–H and O–H groups in total. The maximum Gasteiger partial charge on any atom is 0.269 e. The topological polar surface area (TPSA) is 179 Å². The lowest BCUT2D eigenvalue weighted by molar-refractivity contribution is -0.384. The number of oxime groups is 1. The molecular formula is C51H57N3O11. The Labute approximate surface area is 379 Å². The Morgan fingerprint density at radius 2 is 1.69 bits per heavy atom. The van der Waals surface area contributed by atoms with Gasteiger partial charge in [-0.15, -0.1) is 6.58 Å². The highest BCUT2D eigenvalue weighted by Crippen LogP contribution is 2.62. The van der Waals surface area contributed by atoms with Gasteiger partial charge in [-0.3, -0.25) is 19.7 Å². The van der Waals surface area contributed by atoms with E-state index in [1.807, 2.05) is 42.5 Å². The van der Waals surface area contributed by atoms with Crippen LogP contribution in [0.25, 0.3) is 0 Å². The standard InChI is InChI=1S/C51H57N3O11/c1-4-25-62-51-47(53(2)48(58)28-35-11-9-14-39(26-35)61-3)31-45(52-63-33-34-17-19-38(20-18-34)54(59)60)43-29-37(13-5-7-23-55)42(16-6-8-24-56)49(50(43)51)44-30-41(21-22-46(44)65-51)64-40-15-10-12-36(27-40)32-57/h4,9-12,14-15,17-22,26-27,29-30,32,37,42,47,49-50,55-56H,1,5-8,13,16,23-25,28,31,33H2,2-3H3. The molecule has 3 aliphatic rings. The second-order valence-corrected chi connectivity index (χ2v) is 16.8. The fourth-order valence-electron chi connectivity index (χ4n) is 9.73. The third-order valence-corrected chi connectivity index (χ3v) is 12.8. The molecule has 1 heterocycles. The van der Waals surface area contributed by atoms with Crippen LogP contribution in [-0.2, 0) is 27.4 Å². The lowest BCUT2D eigenvalue weighted by Crippen LogP contribution is -2.69. The van der Waals surface area contributed by atoms with Crippen LogP contribution in [0.15, 0.2) is 120 Å². The van der Waals surface area contributed by atoms with Crippen molar-refractivity contribution in [3.8, 4) is 23.0 Å². The van der Waals surface area contributed by atoms with Crippen molar-refractivity contribution < 1.29 is 48.5 Å². The highest BCUT2D eigenvalue weighted by atomic mass is 16.7. The van der Waals surface area contributed by atoms with Crippen molar-refractivity contribution in [1.82, 2.24) is 4.90 Å². The summed E-state index contributed by atoms with van der Waals surface area (Å²) in [6.45, 7) is 4.25. The number of rotatable bonds is 22. The number of carbonyl (C=O) groups excluding carboxylic acids is 2. The normalized spacial score (nSPS) is 22.4. The molecule has 342 valence electrons. The van der Waals surface area contributed by atoms with Gasteiger partial charge in [0.2, 0.25) is 11.7 Å². The average molecular weight is 888 g/mol. The first kappa shape index (κ1) is 46.6. The number of aliphatic hydroxyl groups excluding tert-OH is 2. The van der Waals surface area contributed by atoms with Crippen molar-refractivity contribution in [2.24, 2.45) is 22.9 Å². The molecule has 1 fully saturated rings. The monoisotopic (exact) mass is 887 g/mol. The molecule has 65 heavy (non-hydrogen) atoms. The zero-order valence-corrected chi connectivity index (χ0v) is 36.9. The molecule has 0 bridgehead atoms. The summed E-state index contributed by atoms with van der Waals surface area (Å²) >= 11 is 0. The number of aldehydes is 1. The van der Waals surface area contributed by atoms with Gasteiger partial charge in [0.15, 0.2) is 0 Å². The number of non-ortho nitro benzene ring substituents is 1. The first-order valence-electron chi connectivity index (χ1n) is 22.2. The number of methoxy groups -OCH3 is 1. The number of nitrogens with zero attached hydrogens (tertiary/aromatic N) is 3. The number of nitro groups is 1. The van der Waals surface area contributed by atoms with Gasteiger partial charge in [-0.1, -0.05) is 54.4 Å². The Hall–Kier alpha value is -6.35. The van der Waals surface area contributed by atoms with E-state index >= 15 is 0 Å². The second-order valence-electron chi connectivity index (χ2n) is 16.8. The summed E-state index contributed by atoms with van der Waals surface area (Å²) in [5, 5.41) is 36.1. The van der Waals surface area contributed by atoms with Gasteiger partial charge in [-0.05, 0) is 109 Å². The van der Waals surface area contributed by atoms with E-state index in [1.165, 1.54) is 12.1 Å². The predicted molar refractivity (Wildman–Crippen MR) is 244 cm³/mol. The van der Waals surface area contributed by atoms with Gasteiger partial charge in [0.25, 0.3) is 5.69 Å². The van der Waals surface area contributed by atoms with Crippen LogP contribution in [0.2, 0.25) is 0 Å². The third-order valence-electron chi connectivity index (χ3n) is 12.8. The molecule has 0 saturated heterocycles. The first-order valence-corrected chi connectivity index (χ1v) is 22.2. The van der Waals surface area contributed by atoms with E-state index in [0.717, 1.165) is 48.7 Å². The van der Waals surface area contributed by atoms with Crippen molar-refractivity contribution in [3.05, 3.63) is 148 Å². The molecule has 14 heteroatoms. The van der Waals surface area contributed by atoms with E-state index in [9.17, 15) is 29.9 Å². The van der Waals surface area contributed by atoms with Crippen LogP contribution in [0, 0.1) is 27.9 Å². The molecular weight excluding hydrogens is 831 g/mol. The Kier molecular flexibility index (Phi) is 15.5. The smallest absolute Gasteiger partial charge is 0.269 e. The zero-order chi connectivity index (χ0) is 45.9. The molecule has 7 rings (SSSR count). The molecule has 6 unspecified atom stereocenters. The van der Waals surface area contributed by atoms with Gasteiger partial charge in [-0.2, -0.15) is 0 Å². The lowest BCUT2D eigenvalue weighted by Gasteiger charge is -2.59. The zero-order valence-electron chi connectivity index (χ0n) is 36.9. The van der Waals surface area contributed by atoms with Crippen LogP contribution < -0.4 is 14.2 Å². The number of amides is 1. The molecule has 0 spiro atoms. The fraction of sp³-hybridized carbons (Fsp3) is 0.392. The summed E-state index contributed by atoms with van der Waals surface area (Å²) in [6.07, 6.45) is 9.22. The number of benzene rings is 4. The predicted octanol–water partition coefficient (Wildman–Crippen LogP) is 8.74. The van der Waals surface area contributed by atoms with E-state index in [-0.39, 0.29) is 68.6 Å². The number of hydrogen-bond acceptors (Lipinski definition) is 12. The van der Waals surface area contributed by atoms with Crippen molar-refractivity contribution in [2.45, 2.75) is 75.7 Å². The van der Waals surface area contributed by atoms with Gasteiger partial charge in [0.1, 0.15) is 41.9 Å². The lowest BCUT2D eigenvalue weighted by atomic mass is 9.55. The Morgan fingerprint density at radius 3 is 2.42 bits per heavy atom. The molecule has 1 saturated carbocycles. The fourth-order valence-corrected chi connectivity index (χ4v) is 9.73. The van der Waals surface area contributed by atoms with Crippen LogP contribution in [0.1, 0.15) is 77.9 Å². The highest BCUT2D eigenvalue weighted by Gasteiger charge is 2.65. The first-order chi connectivity index (χ1) is 31.6. The number of ether oxygens (including phenoxy) is 4. The summed E-state index contributed by atoms with van der Waals surface area (Å²) in [6, 6.07) is 25.4. The van der Waals surface area contributed by atoms with Crippen molar-refractivity contribution in [2.75, 3.05) is 34.0 Å². The van der Waals surface area contributed by atoms with Gasteiger partial charge < -0.3 is 38.9 Å². The third kappa shape index (κ3) is 10.5. The minimum absolute atomic E-state index is 0.00256. The van der Waals surface area contributed by atoms with E-state index in [4.69, 9.17) is 28.9 Å². The van der Waals surface area contributed by atoms with Gasteiger partial charge in [-0.25, -0.2) is 0 Å². The summed E-state index contributed by atoms with van der Waals surface area (Å²) in [5.41, 5.74) is 4.24. The Morgan fingerprint density at radius 1 is 0.954 bits per heavy atom. The van der Waals surface area contributed by atoms with Gasteiger partial charge in [0, 0.05) is 55.9 Å². The highest BCUT2D eigenvalue weighted by molar-refractivity contribution is 6.03. The number of unbranched alkanes of at least 4 members (excludes halogenated alkanes) is 2. The van der Waals surface area contributed by atoms with Crippen molar-refractivity contribution in [1.29, 1.82) is 0 Å². The number of carbonyl (C=O) groups is 2. The quantitative estimate of drug-likeness (QED) is 0.0253. The number of aliphatic hydroxyl groups is 2. The van der Waals surface area contributed by atoms with E-state index in [0.29, 0.717) is 52.7 Å².